The number of piperidine rings is 1. The molecular formula is C24H22ClF3N5+. The van der Waals surface area contributed by atoms with E-state index >= 15 is 0 Å². The van der Waals surface area contributed by atoms with Crippen LogP contribution in [0.3, 0.4) is 0 Å². The third-order valence-electron chi connectivity index (χ3n) is 5.48. The summed E-state index contributed by atoms with van der Waals surface area (Å²) in [6, 6.07) is 5.58. The normalized spacial score (nSPS) is 15.7. The van der Waals surface area contributed by atoms with Gasteiger partial charge in [0.05, 0.1) is 16.7 Å². The Kier molecular flexibility index (Phi) is 6.72. The van der Waals surface area contributed by atoms with Crippen molar-refractivity contribution in [2.45, 2.75) is 25.1 Å². The SMILES string of the molecule is NC=C(C=[NH+]C1CCNCC1)c1cnc2[nH]cc(C#Cc3cc(Cl)ccc3C(F)(F)F)c2c1. The maximum absolute atomic E-state index is 13.3. The molecule has 170 valence electrons. The van der Waals surface area contributed by atoms with Crippen molar-refractivity contribution < 1.29 is 18.2 Å². The molecule has 5 nitrogen and oxygen atoms in total. The number of nitrogens with two attached hydrogens (primary N) is 1. The average Bonchev–Trinajstić information content (AvgIpc) is 3.20. The minimum Gasteiger partial charge on any atom is -0.404 e. The van der Waals surface area contributed by atoms with Crippen molar-refractivity contribution in [3.05, 3.63) is 70.1 Å². The van der Waals surface area contributed by atoms with Gasteiger partial charge in [0.15, 0.2) is 12.3 Å². The van der Waals surface area contributed by atoms with Crippen molar-refractivity contribution in [2.75, 3.05) is 13.1 Å². The van der Waals surface area contributed by atoms with Gasteiger partial charge in [0.25, 0.3) is 0 Å². The van der Waals surface area contributed by atoms with Gasteiger partial charge in [0.1, 0.15) is 5.65 Å². The van der Waals surface area contributed by atoms with E-state index in [-0.39, 0.29) is 10.6 Å². The summed E-state index contributed by atoms with van der Waals surface area (Å²) in [6.07, 6.45) is 4.19. The molecule has 0 bridgehead atoms. The summed E-state index contributed by atoms with van der Waals surface area (Å²) in [5.41, 5.74) is 7.47. The lowest BCUT2D eigenvalue weighted by Crippen LogP contribution is -2.78. The van der Waals surface area contributed by atoms with Crippen molar-refractivity contribution in [2.24, 2.45) is 5.73 Å². The van der Waals surface area contributed by atoms with Gasteiger partial charge in [-0.1, -0.05) is 23.4 Å². The number of allylic oxidation sites excluding steroid dienone is 1. The maximum atomic E-state index is 13.3. The Morgan fingerprint density at radius 3 is 2.67 bits per heavy atom. The van der Waals surface area contributed by atoms with Crippen LogP contribution in [0.15, 0.2) is 42.9 Å². The summed E-state index contributed by atoms with van der Waals surface area (Å²) in [5, 5.41) is 4.19. The number of benzene rings is 1. The third kappa shape index (κ3) is 5.38. The lowest BCUT2D eigenvalue weighted by molar-refractivity contribution is -0.500. The van der Waals surface area contributed by atoms with Crippen molar-refractivity contribution >= 4 is 34.4 Å². The summed E-state index contributed by atoms with van der Waals surface area (Å²) in [5.74, 6) is 5.45. The number of rotatable bonds is 3. The Morgan fingerprint density at radius 1 is 1.18 bits per heavy atom. The number of hydrogen-bond donors (Lipinski definition) is 4. The number of fused-ring (bicyclic) bond motifs is 1. The second-order valence-electron chi connectivity index (χ2n) is 7.72. The molecule has 0 atom stereocenters. The lowest BCUT2D eigenvalue weighted by Gasteiger charge is -2.14. The molecular weight excluding hydrogens is 451 g/mol. The number of pyridine rings is 1. The maximum Gasteiger partial charge on any atom is 0.417 e. The van der Waals surface area contributed by atoms with Crippen LogP contribution in [0.1, 0.15) is 35.1 Å². The molecule has 0 radical (unpaired) electrons. The molecule has 9 heteroatoms. The van der Waals surface area contributed by atoms with Gasteiger partial charge in [0.2, 0.25) is 0 Å². The number of halogens is 4. The Labute approximate surface area is 194 Å². The van der Waals surface area contributed by atoms with E-state index in [1.54, 1.807) is 12.4 Å². The van der Waals surface area contributed by atoms with Crippen molar-refractivity contribution in [3.8, 4) is 11.8 Å². The van der Waals surface area contributed by atoms with E-state index in [1.807, 2.05) is 12.3 Å². The van der Waals surface area contributed by atoms with Crippen LogP contribution in [0.5, 0.6) is 0 Å². The molecule has 1 saturated heterocycles. The van der Waals surface area contributed by atoms with Crippen LogP contribution >= 0.6 is 11.6 Å². The van der Waals surface area contributed by atoms with Crippen molar-refractivity contribution in [3.63, 3.8) is 0 Å². The third-order valence-corrected chi connectivity index (χ3v) is 5.71. The van der Waals surface area contributed by atoms with E-state index < -0.39 is 11.7 Å². The lowest BCUT2D eigenvalue weighted by atomic mass is 10.1. The minimum atomic E-state index is -4.53. The van der Waals surface area contributed by atoms with Gasteiger partial charge in [-0.15, -0.1) is 0 Å². The van der Waals surface area contributed by atoms with Crippen LogP contribution in [0, 0.1) is 11.8 Å². The topological polar surface area (TPSA) is 80.7 Å². The molecule has 1 aliphatic heterocycles. The number of aromatic nitrogens is 2. The van der Waals surface area contributed by atoms with Gasteiger partial charge in [-0.25, -0.2) is 9.98 Å². The molecule has 0 amide bonds. The second-order valence-corrected chi connectivity index (χ2v) is 8.15. The van der Waals surface area contributed by atoms with Gasteiger partial charge in [-0.05, 0) is 24.3 Å². The predicted octanol–water partition coefficient (Wildman–Crippen LogP) is 2.84. The second kappa shape index (κ2) is 9.69. The fraction of sp³-hybridized carbons (Fsp3) is 0.250. The van der Waals surface area contributed by atoms with E-state index in [4.69, 9.17) is 17.3 Å². The summed E-state index contributed by atoms with van der Waals surface area (Å²) >= 11 is 5.90. The van der Waals surface area contributed by atoms with Crippen LogP contribution in [0.4, 0.5) is 13.2 Å². The average molecular weight is 473 g/mol. The van der Waals surface area contributed by atoms with E-state index in [0.29, 0.717) is 22.6 Å². The van der Waals surface area contributed by atoms with Gasteiger partial charge in [-0.2, -0.15) is 13.2 Å². The first-order chi connectivity index (χ1) is 15.8. The first-order valence-electron chi connectivity index (χ1n) is 10.4. The number of hydrogen-bond acceptors (Lipinski definition) is 3. The molecule has 3 heterocycles. The molecule has 1 aromatic carbocycles. The largest absolute Gasteiger partial charge is 0.417 e. The fourth-order valence-electron chi connectivity index (χ4n) is 3.69. The van der Waals surface area contributed by atoms with E-state index in [0.717, 1.165) is 43.1 Å². The van der Waals surface area contributed by atoms with Gasteiger partial charge < -0.3 is 16.0 Å². The molecule has 4 rings (SSSR count). The highest BCUT2D eigenvalue weighted by Crippen LogP contribution is 2.33. The van der Waals surface area contributed by atoms with Gasteiger partial charge >= 0.3 is 6.18 Å². The molecule has 5 N–H and O–H groups in total. The molecule has 0 unspecified atom stereocenters. The number of H-pyrrole nitrogens is 1. The molecule has 1 fully saturated rings. The van der Waals surface area contributed by atoms with Crippen LogP contribution in [-0.2, 0) is 6.18 Å². The van der Waals surface area contributed by atoms with Crippen LogP contribution in [0.2, 0.25) is 5.02 Å². The van der Waals surface area contributed by atoms with Gasteiger partial charge in [-0.3, -0.25) is 0 Å². The summed E-state index contributed by atoms with van der Waals surface area (Å²) in [7, 11) is 0. The number of aromatic amines is 1. The highest BCUT2D eigenvalue weighted by atomic mass is 35.5. The molecule has 2 aromatic heterocycles. The van der Waals surface area contributed by atoms with E-state index in [1.165, 1.54) is 18.3 Å². The van der Waals surface area contributed by atoms with Crippen LogP contribution in [0.25, 0.3) is 16.6 Å². The summed E-state index contributed by atoms with van der Waals surface area (Å²) in [4.78, 5) is 10.8. The van der Waals surface area contributed by atoms with Gasteiger partial charge in [0, 0.05) is 66.1 Å². The Balaban J connectivity index is 1.66. The molecule has 3 aromatic rings. The highest BCUT2D eigenvalue weighted by molar-refractivity contribution is 6.30. The predicted molar refractivity (Wildman–Crippen MR) is 124 cm³/mol. The monoisotopic (exact) mass is 472 g/mol. The van der Waals surface area contributed by atoms with Crippen LogP contribution in [-0.4, -0.2) is 35.3 Å². The molecule has 0 aliphatic carbocycles. The van der Waals surface area contributed by atoms with Crippen molar-refractivity contribution in [1.29, 1.82) is 0 Å². The zero-order valence-electron chi connectivity index (χ0n) is 17.6. The zero-order valence-corrected chi connectivity index (χ0v) is 18.3. The number of nitrogens with one attached hydrogen (secondary N) is 3. The van der Waals surface area contributed by atoms with E-state index in [2.05, 4.69) is 32.1 Å². The van der Waals surface area contributed by atoms with Crippen molar-refractivity contribution in [1.82, 2.24) is 15.3 Å². The Bertz CT molecular complexity index is 1270. The first kappa shape index (κ1) is 22.9. The first-order valence-corrected chi connectivity index (χ1v) is 10.8. The number of nitrogens with zero attached hydrogens (tertiary/aromatic N) is 1. The minimum absolute atomic E-state index is 0.185. The fourth-order valence-corrected chi connectivity index (χ4v) is 3.86. The standard InChI is InChI=1S/C24H21ClF3N5/c25-19-3-4-22(24(26,27)28)15(9-19)1-2-16-12-32-23-21(16)10-17(13-33-23)18(11-29)14-31-20-5-7-30-8-6-20/h3-4,9-14,20,30H,5-8,29H2,(H,32,33)/p+1. The zero-order chi connectivity index (χ0) is 23.4. The summed E-state index contributed by atoms with van der Waals surface area (Å²) in [6.45, 7) is 1.93. The number of alkyl halides is 3. The molecule has 0 saturated carbocycles. The smallest absolute Gasteiger partial charge is 0.404 e. The summed E-state index contributed by atoms with van der Waals surface area (Å²) < 4.78 is 40.0. The highest BCUT2D eigenvalue weighted by Gasteiger charge is 2.33. The van der Waals surface area contributed by atoms with Crippen LogP contribution < -0.4 is 16.0 Å². The molecule has 0 spiro atoms. The quantitative estimate of drug-likeness (QED) is 0.349. The molecule has 1 aliphatic rings. The Morgan fingerprint density at radius 2 is 1.94 bits per heavy atom. The Hall–Kier alpha value is -3.28. The van der Waals surface area contributed by atoms with E-state index in [9.17, 15) is 13.2 Å². The molecule has 33 heavy (non-hydrogen) atoms.